The van der Waals surface area contributed by atoms with Gasteiger partial charge in [0.1, 0.15) is 18.1 Å². The molecular weight excluding hydrogens is 452 g/mol. The molecule has 0 unspecified atom stereocenters. The summed E-state index contributed by atoms with van der Waals surface area (Å²) >= 11 is 5.83. The summed E-state index contributed by atoms with van der Waals surface area (Å²) in [6.07, 6.45) is 0. The van der Waals surface area contributed by atoms with E-state index in [1.54, 1.807) is 54.6 Å². The first kappa shape index (κ1) is 23.4. The van der Waals surface area contributed by atoms with Gasteiger partial charge in [0.25, 0.3) is 15.9 Å². The topological polar surface area (TPSA) is 84.9 Å². The number of carbonyl (C=O) groups excluding carboxylic acids is 1. The van der Waals surface area contributed by atoms with Crippen molar-refractivity contribution in [2.45, 2.75) is 4.90 Å². The highest BCUT2D eigenvalue weighted by Gasteiger charge is 2.22. The molecule has 0 atom stereocenters. The fraction of sp³-hybridized carbons (Fsp3) is 0.174. The summed E-state index contributed by atoms with van der Waals surface area (Å²) in [4.78, 5) is 12.5. The summed E-state index contributed by atoms with van der Waals surface area (Å²) in [5, 5.41) is 3.33. The minimum atomic E-state index is -3.86. The second kappa shape index (κ2) is 10.4. The molecule has 0 aliphatic rings. The molecule has 0 bridgehead atoms. The van der Waals surface area contributed by atoms with Gasteiger partial charge in [0.05, 0.1) is 24.2 Å². The number of anilines is 1. The number of nitrogens with zero attached hydrogens (tertiary/aromatic N) is 1. The van der Waals surface area contributed by atoms with Crippen LogP contribution in [0.1, 0.15) is 10.4 Å². The fourth-order valence-corrected chi connectivity index (χ4v) is 4.22. The average Bonchev–Trinajstić information content (AvgIpc) is 2.82. The average molecular weight is 475 g/mol. The van der Waals surface area contributed by atoms with Crippen LogP contribution in [-0.4, -0.2) is 41.6 Å². The molecule has 3 aromatic rings. The van der Waals surface area contributed by atoms with Gasteiger partial charge in [0.2, 0.25) is 0 Å². The van der Waals surface area contributed by atoms with Gasteiger partial charge < -0.3 is 14.8 Å². The maximum Gasteiger partial charge on any atom is 0.264 e. The molecule has 1 amide bonds. The van der Waals surface area contributed by atoms with E-state index < -0.39 is 15.9 Å². The Morgan fingerprint density at radius 2 is 1.66 bits per heavy atom. The summed E-state index contributed by atoms with van der Waals surface area (Å²) in [7, 11) is -0.861. The molecule has 0 saturated carbocycles. The highest BCUT2D eigenvalue weighted by Crippen LogP contribution is 2.24. The quantitative estimate of drug-likeness (QED) is 0.474. The number of hydrogen-bond donors (Lipinski definition) is 1. The van der Waals surface area contributed by atoms with Crippen LogP contribution in [0.3, 0.4) is 0 Å². The van der Waals surface area contributed by atoms with Gasteiger partial charge in [-0.25, -0.2) is 8.42 Å². The van der Waals surface area contributed by atoms with Crippen LogP contribution in [0.5, 0.6) is 11.5 Å². The molecule has 168 valence electrons. The predicted octanol–water partition coefficient (Wildman–Crippen LogP) is 3.98. The number of rotatable bonds is 9. The smallest absolute Gasteiger partial charge is 0.264 e. The van der Waals surface area contributed by atoms with E-state index in [-0.39, 0.29) is 23.6 Å². The third kappa shape index (κ3) is 5.72. The molecular formula is C23H23ClN2O5S. The van der Waals surface area contributed by atoms with Crippen molar-refractivity contribution in [2.75, 3.05) is 31.6 Å². The normalized spacial score (nSPS) is 11.0. The van der Waals surface area contributed by atoms with Crippen molar-refractivity contribution >= 4 is 33.2 Å². The molecule has 1 N–H and O–H groups in total. The van der Waals surface area contributed by atoms with Gasteiger partial charge in [-0.3, -0.25) is 9.10 Å². The van der Waals surface area contributed by atoms with E-state index >= 15 is 0 Å². The second-order valence-corrected chi connectivity index (χ2v) is 9.16. The van der Waals surface area contributed by atoms with E-state index in [0.29, 0.717) is 22.2 Å². The van der Waals surface area contributed by atoms with E-state index in [2.05, 4.69) is 5.32 Å². The molecule has 3 aromatic carbocycles. The molecule has 0 radical (unpaired) electrons. The zero-order valence-corrected chi connectivity index (χ0v) is 19.2. The lowest BCUT2D eigenvalue weighted by atomic mass is 10.2. The third-order valence-electron chi connectivity index (χ3n) is 4.66. The minimum Gasteiger partial charge on any atom is -0.497 e. The van der Waals surface area contributed by atoms with Gasteiger partial charge in [0, 0.05) is 17.6 Å². The van der Waals surface area contributed by atoms with E-state index in [0.717, 1.165) is 4.31 Å². The van der Waals surface area contributed by atoms with Gasteiger partial charge >= 0.3 is 0 Å². The SMILES string of the molecule is COc1ccc(N(C)S(=O)(=O)c2cccc(C(=O)NCCOc3ccc(Cl)cc3)c2)cc1. The second-order valence-electron chi connectivity index (χ2n) is 6.76. The Kier molecular flexibility index (Phi) is 7.61. The number of nitrogens with one attached hydrogen (secondary N) is 1. The van der Waals surface area contributed by atoms with Crippen LogP contribution in [0.2, 0.25) is 5.02 Å². The Balaban J connectivity index is 1.63. The molecule has 0 saturated heterocycles. The van der Waals surface area contributed by atoms with Crippen molar-refractivity contribution < 1.29 is 22.7 Å². The van der Waals surface area contributed by atoms with Gasteiger partial charge in [-0.1, -0.05) is 17.7 Å². The third-order valence-corrected chi connectivity index (χ3v) is 6.69. The molecule has 0 aliphatic heterocycles. The van der Waals surface area contributed by atoms with E-state index in [4.69, 9.17) is 21.1 Å². The molecule has 9 heteroatoms. The van der Waals surface area contributed by atoms with Crippen molar-refractivity contribution in [3.05, 3.63) is 83.4 Å². The van der Waals surface area contributed by atoms with Crippen molar-refractivity contribution in [1.29, 1.82) is 0 Å². The Morgan fingerprint density at radius 3 is 2.31 bits per heavy atom. The Labute approximate surface area is 192 Å². The predicted molar refractivity (Wildman–Crippen MR) is 124 cm³/mol. The van der Waals surface area contributed by atoms with Gasteiger partial charge in [-0.05, 0) is 66.7 Å². The maximum absolute atomic E-state index is 13.0. The maximum atomic E-state index is 13.0. The van der Waals surface area contributed by atoms with Crippen LogP contribution in [0.15, 0.2) is 77.7 Å². The lowest BCUT2D eigenvalue weighted by molar-refractivity contribution is 0.0946. The zero-order valence-electron chi connectivity index (χ0n) is 17.6. The Bertz CT molecular complexity index is 1170. The first-order valence-corrected chi connectivity index (χ1v) is 11.5. The van der Waals surface area contributed by atoms with Gasteiger partial charge in [-0.15, -0.1) is 0 Å². The van der Waals surface area contributed by atoms with Crippen LogP contribution in [0, 0.1) is 0 Å². The van der Waals surface area contributed by atoms with Crippen molar-refractivity contribution in [3.63, 3.8) is 0 Å². The standard InChI is InChI=1S/C23H23ClN2O5S/c1-26(19-8-12-20(30-2)13-9-19)32(28,29)22-5-3-4-17(16-22)23(27)25-14-15-31-21-10-6-18(24)7-11-21/h3-13,16H,14-15H2,1-2H3,(H,25,27). The van der Waals surface area contributed by atoms with Crippen LogP contribution in [-0.2, 0) is 10.0 Å². The van der Waals surface area contributed by atoms with Gasteiger partial charge in [-0.2, -0.15) is 0 Å². The Morgan fingerprint density at radius 1 is 1.00 bits per heavy atom. The fourth-order valence-electron chi connectivity index (χ4n) is 2.85. The van der Waals surface area contributed by atoms with E-state index in [9.17, 15) is 13.2 Å². The summed E-state index contributed by atoms with van der Waals surface area (Å²) in [6.45, 7) is 0.510. The number of amides is 1. The monoisotopic (exact) mass is 474 g/mol. The summed E-state index contributed by atoms with van der Waals surface area (Å²) < 4.78 is 37.9. The largest absolute Gasteiger partial charge is 0.497 e. The lowest BCUT2D eigenvalue weighted by Crippen LogP contribution is -2.29. The van der Waals surface area contributed by atoms with Crippen LogP contribution in [0.25, 0.3) is 0 Å². The van der Waals surface area contributed by atoms with Crippen LogP contribution < -0.4 is 19.1 Å². The molecule has 32 heavy (non-hydrogen) atoms. The molecule has 0 spiro atoms. The molecule has 0 fully saturated rings. The first-order chi connectivity index (χ1) is 15.3. The molecule has 7 nitrogen and oxygen atoms in total. The number of benzene rings is 3. The highest BCUT2D eigenvalue weighted by molar-refractivity contribution is 7.92. The summed E-state index contributed by atoms with van der Waals surface area (Å²) in [6, 6.07) is 19.4. The number of carbonyl (C=O) groups is 1. The number of sulfonamides is 1. The van der Waals surface area contributed by atoms with E-state index in [1.807, 2.05) is 0 Å². The van der Waals surface area contributed by atoms with Crippen LogP contribution >= 0.6 is 11.6 Å². The summed E-state index contributed by atoms with van der Waals surface area (Å²) in [5.41, 5.74) is 0.709. The van der Waals surface area contributed by atoms with Crippen molar-refractivity contribution in [3.8, 4) is 11.5 Å². The molecule has 0 aliphatic carbocycles. The summed E-state index contributed by atoms with van der Waals surface area (Å²) in [5.74, 6) is 0.866. The van der Waals surface area contributed by atoms with Crippen molar-refractivity contribution in [2.24, 2.45) is 0 Å². The van der Waals surface area contributed by atoms with E-state index in [1.165, 1.54) is 32.4 Å². The number of halogens is 1. The minimum absolute atomic E-state index is 0.0147. The lowest BCUT2D eigenvalue weighted by Gasteiger charge is -2.20. The molecule has 3 rings (SSSR count). The molecule has 0 heterocycles. The van der Waals surface area contributed by atoms with Crippen molar-refractivity contribution in [1.82, 2.24) is 5.32 Å². The Hall–Kier alpha value is -3.23. The van der Waals surface area contributed by atoms with Gasteiger partial charge in [0.15, 0.2) is 0 Å². The molecule has 0 aromatic heterocycles. The van der Waals surface area contributed by atoms with Crippen LogP contribution in [0.4, 0.5) is 5.69 Å². The first-order valence-electron chi connectivity index (χ1n) is 9.71. The number of methoxy groups -OCH3 is 1. The number of ether oxygens (including phenoxy) is 2. The highest BCUT2D eigenvalue weighted by atomic mass is 35.5. The zero-order chi connectivity index (χ0) is 23.1. The number of hydrogen-bond acceptors (Lipinski definition) is 5.